The molecule has 0 radical (unpaired) electrons. The first-order valence-electron chi connectivity index (χ1n) is 14.1. The Morgan fingerprint density at radius 2 is 1.00 bits per heavy atom. The van der Waals surface area contributed by atoms with E-state index in [-0.39, 0.29) is 0 Å². The summed E-state index contributed by atoms with van der Waals surface area (Å²) in [4.78, 5) is 4.20. The number of benzene rings is 7. The maximum absolute atomic E-state index is 5.98. The first-order valence-corrected chi connectivity index (χ1v) is 14.1. The third-order valence-electron chi connectivity index (χ3n) is 7.35. The smallest absolute Gasteiger partial charge is 0.0625 e. The van der Waals surface area contributed by atoms with Crippen molar-refractivity contribution in [1.29, 1.82) is 0 Å². The number of hydrogen-bond donors (Lipinski definition) is 1. The van der Waals surface area contributed by atoms with Crippen LogP contribution >= 0.6 is 0 Å². The molecule has 0 amide bonds. The Balaban J connectivity index is 0.000000258. The Labute approximate surface area is 241 Å². The Kier molecular flexibility index (Phi) is 7.55. The van der Waals surface area contributed by atoms with Crippen LogP contribution in [-0.4, -0.2) is 6.21 Å². The van der Waals surface area contributed by atoms with E-state index in [0.717, 1.165) is 17.8 Å². The van der Waals surface area contributed by atoms with Gasteiger partial charge < -0.3 is 5.73 Å². The number of para-hydroxylation sites is 1. The fourth-order valence-electron chi connectivity index (χ4n) is 5.46. The minimum absolute atomic E-state index is 0.783. The molecular formula is C39H32N2. The molecular weight excluding hydrogens is 496 g/mol. The fraction of sp³-hybridized carbons (Fsp3) is 0.0513. The zero-order valence-corrected chi connectivity index (χ0v) is 23.2. The van der Waals surface area contributed by atoms with Gasteiger partial charge in [-0.25, -0.2) is 0 Å². The van der Waals surface area contributed by atoms with Gasteiger partial charge in [-0.2, -0.15) is 0 Å². The minimum Gasteiger partial charge on any atom is -0.399 e. The summed E-state index contributed by atoms with van der Waals surface area (Å²) in [6.07, 6.45) is 2.91. The van der Waals surface area contributed by atoms with Gasteiger partial charge in [0, 0.05) is 11.9 Å². The quantitative estimate of drug-likeness (QED) is 0.138. The Morgan fingerprint density at radius 3 is 1.59 bits per heavy atom. The molecule has 2 nitrogen and oxygen atoms in total. The molecule has 0 fully saturated rings. The van der Waals surface area contributed by atoms with Gasteiger partial charge in [0.05, 0.1) is 5.69 Å². The van der Waals surface area contributed by atoms with Crippen molar-refractivity contribution >= 4 is 49.9 Å². The molecule has 0 aliphatic carbocycles. The summed E-state index contributed by atoms with van der Waals surface area (Å²) >= 11 is 0. The molecule has 0 saturated heterocycles. The van der Waals surface area contributed by atoms with E-state index in [1.165, 1.54) is 54.6 Å². The van der Waals surface area contributed by atoms with Crippen molar-refractivity contribution in [1.82, 2.24) is 0 Å². The number of nitrogens with two attached hydrogens (primary N) is 1. The lowest BCUT2D eigenvalue weighted by Gasteiger charge is -2.18. The number of hydrogen-bond acceptors (Lipinski definition) is 2. The molecule has 0 aromatic heterocycles. The van der Waals surface area contributed by atoms with Crippen LogP contribution in [0.3, 0.4) is 0 Å². The maximum Gasteiger partial charge on any atom is 0.0625 e. The molecule has 0 unspecified atom stereocenters. The number of aliphatic imine (C=N–C) groups is 1. The lowest BCUT2D eigenvalue weighted by Crippen LogP contribution is -1.91. The Hall–Kier alpha value is -5.21. The highest BCUT2D eigenvalue weighted by Gasteiger charge is 2.16. The molecule has 2 N–H and O–H groups in total. The van der Waals surface area contributed by atoms with Crippen LogP contribution in [0.1, 0.15) is 13.3 Å². The fourth-order valence-corrected chi connectivity index (χ4v) is 5.46. The first kappa shape index (κ1) is 26.0. The highest BCUT2D eigenvalue weighted by molar-refractivity contribution is 6.21. The molecule has 0 aliphatic heterocycles. The lowest BCUT2D eigenvalue weighted by molar-refractivity contribution is 1.31. The van der Waals surface area contributed by atoms with E-state index >= 15 is 0 Å². The van der Waals surface area contributed by atoms with Crippen molar-refractivity contribution < 1.29 is 0 Å². The van der Waals surface area contributed by atoms with Crippen molar-refractivity contribution in [3.63, 3.8) is 0 Å². The maximum atomic E-state index is 5.98. The largest absolute Gasteiger partial charge is 0.399 e. The zero-order chi connectivity index (χ0) is 28.0. The molecule has 7 aromatic rings. The number of rotatable bonds is 4. The average molecular weight is 529 g/mol. The summed E-state index contributed by atoms with van der Waals surface area (Å²) in [7, 11) is 0. The number of fused-ring (bicyclic) bond motifs is 3. The van der Waals surface area contributed by atoms with Crippen molar-refractivity contribution in [2.75, 3.05) is 5.73 Å². The molecule has 0 heterocycles. The van der Waals surface area contributed by atoms with Crippen LogP contribution in [0.4, 0.5) is 11.4 Å². The van der Waals surface area contributed by atoms with Gasteiger partial charge in [-0.3, -0.25) is 4.99 Å². The summed E-state index contributed by atoms with van der Waals surface area (Å²) in [5.74, 6) is 0. The van der Waals surface area contributed by atoms with E-state index in [9.17, 15) is 0 Å². The molecule has 0 atom stereocenters. The van der Waals surface area contributed by atoms with Crippen LogP contribution in [-0.2, 0) is 0 Å². The Bertz CT molecular complexity index is 1910. The van der Waals surface area contributed by atoms with E-state index in [1.807, 2.05) is 48.7 Å². The van der Waals surface area contributed by atoms with Crippen molar-refractivity contribution in [3.8, 4) is 22.3 Å². The van der Waals surface area contributed by atoms with Gasteiger partial charge in [-0.1, -0.05) is 122 Å². The van der Waals surface area contributed by atoms with Gasteiger partial charge in [0.2, 0.25) is 0 Å². The van der Waals surface area contributed by atoms with E-state index in [0.29, 0.717) is 0 Å². The van der Waals surface area contributed by atoms with E-state index < -0.39 is 0 Å². The van der Waals surface area contributed by atoms with Gasteiger partial charge in [0.15, 0.2) is 0 Å². The van der Waals surface area contributed by atoms with Gasteiger partial charge in [0.1, 0.15) is 0 Å². The number of nitrogen functional groups attached to an aromatic ring is 1. The second-order valence-corrected chi connectivity index (χ2v) is 10.1. The summed E-state index contributed by atoms with van der Waals surface area (Å²) < 4.78 is 0. The van der Waals surface area contributed by atoms with Gasteiger partial charge >= 0.3 is 0 Å². The van der Waals surface area contributed by atoms with E-state index in [4.69, 9.17) is 5.73 Å². The number of nitrogens with zero attached hydrogens (tertiary/aromatic N) is 1. The van der Waals surface area contributed by atoms with Crippen molar-refractivity contribution in [3.05, 3.63) is 146 Å². The second kappa shape index (κ2) is 11.9. The topological polar surface area (TPSA) is 38.4 Å². The molecule has 198 valence electrons. The second-order valence-electron chi connectivity index (χ2n) is 10.1. The molecule has 7 rings (SSSR count). The van der Waals surface area contributed by atoms with Crippen LogP contribution in [0, 0.1) is 0 Å². The predicted molar refractivity (Wildman–Crippen MR) is 179 cm³/mol. The minimum atomic E-state index is 0.783. The van der Waals surface area contributed by atoms with Gasteiger partial charge in [0.25, 0.3) is 0 Å². The van der Waals surface area contributed by atoms with Crippen LogP contribution < -0.4 is 5.73 Å². The Morgan fingerprint density at radius 1 is 0.512 bits per heavy atom. The number of anilines is 1. The van der Waals surface area contributed by atoms with Crippen molar-refractivity contribution in [2.45, 2.75) is 13.3 Å². The molecule has 0 aliphatic rings. The zero-order valence-electron chi connectivity index (χ0n) is 23.2. The molecule has 7 aromatic carbocycles. The molecule has 2 heteroatoms. The summed E-state index contributed by atoms with van der Waals surface area (Å²) in [5.41, 5.74) is 12.8. The van der Waals surface area contributed by atoms with Crippen LogP contribution in [0.5, 0.6) is 0 Å². The van der Waals surface area contributed by atoms with Crippen LogP contribution in [0.15, 0.2) is 151 Å². The standard InChI is InChI=1S/C30H21N.C9H11N/c31-24-17-15-21(16-18-24)29-25-9-3-5-11-27(25)30(28-12-6-4-10-26(28)29)23-14-13-20-7-1-2-8-22(20)19-23;1-2-8-10-9-6-4-3-5-7-9/h1-19H,31H2;3-8H,2H2,1H3. The van der Waals surface area contributed by atoms with Crippen molar-refractivity contribution in [2.24, 2.45) is 4.99 Å². The molecule has 41 heavy (non-hydrogen) atoms. The average Bonchev–Trinajstić information content (AvgIpc) is 3.04. The molecule has 0 bridgehead atoms. The summed E-state index contributed by atoms with van der Waals surface area (Å²) in [6, 6.07) is 51.0. The molecule has 0 saturated carbocycles. The summed E-state index contributed by atoms with van der Waals surface area (Å²) in [5, 5.41) is 7.57. The normalized spacial score (nSPS) is 11.1. The van der Waals surface area contributed by atoms with E-state index in [1.54, 1.807) is 0 Å². The highest BCUT2D eigenvalue weighted by atomic mass is 14.7. The summed E-state index contributed by atoms with van der Waals surface area (Å²) in [6.45, 7) is 2.08. The predicted octanol–water partition coefficient (Wildman–Crippen LogP) is 10.9. The van der Waals surface area contributed by atoms with Crippen LogP contribution in [0.2, 0.25) is 0 Å². The lowest BCUT2D eigenvalue weighted by atomic mass is 9.85. The van der Waals surface area contributed by atoms with E-state index in [2.05, 4.69) is 115 Å². The first-order chi connectivity index (χ1) is 20.2. The van der Waals surface area contributed by atoms with Gasteiger partial charge in [-0.05, 0) is 91.3 Å². The SMILES string of the molecule is CCC=Nc1ccccc1.Nc1ccc(-c2c3ccccc3c(-c3ccc4ccccc4c3)c3ccccc23)cc1. The highest BCUT2D eigenvalue weighted by Crippen LogP contribution is 2.44. The third-order valence-corrected chi connectivity index (χ3v) is 7.35. The monoisotopic (exact) mass is 528 g/mol. The van der Waals surface area contributed by atoms with Crippen LogP contribution in [0.25, 0.3) is 54.6 Å². The van der Waals surface area contributed by atoms with Gasteiger partial charge in [-0.15, -0.1) is 0 Å². The molecule has 0 spiro atoms. The third kappa shape index (κ3) is 5.46.